The largest absolute Gasteiger partial charge is 0.454 e. The Hall–Kier alpha value is -3.10. The number of thioether (sulfide) groups is 1. The summed E-state index contributed by atoms with van der Waals surface area (Å²) >= 11 is 19.7. The quantitative estimate of drug-likeness (QED) is 0.231. The number of ether oxygens (including phenoxy) is 2. The topological polar surface area (TPSA) is 60.8 Å². The van der Waals surface area contributed by atoms with Crippen LogP contribution in [0, 0.1) is 0 Å². The molecule has 0 spiro atoms. The number of carbonyl (C=O) groups excluding carboxylic acids is 2. The van der Waals surface area contributed by atoms with Crippen LogP contribution < -0.4 is 9.47 Å². The summed E-state index contributed by atoms with van der Waals surface area (Å²) in [6, 6.07) is 16.6. The van der Waals surface area contributed by atoms with Crippen molar-refractivity contribution in [2.24, 2.45) is 0 Å². The van der Waals surface area contributed by atoms with E-state index in [1.54, 1.807) is 30.3 Å². The number of hydrogen-bond acceptors (Lipinski definition) is 5. The fourth-order valence-electron chi connectivity index (χ4n) is 4.38. The van der Waals surface area contributed by atoms with Gasteiger partial charge in [0.2, 0.25) is 6.79 Å². The highest BCUT2D eigenvalue weighted by atomic mass is 35.5. The number of imide groups is 1. The molecule has 3 heterocycles. The Bertz CT molecular complexity index is 1630. The normalized spacial score (nSPS) is 16.0. The zero-order valence-corrected chi connectivity index (χ0v) is 22.1. The lowest BCUT2D eigenvalue weighted by atomic mass is 10.1. The molecule has 37 heavy (non-hydrogen) atoms. The average Bonchev–Trinajstić information content (AvgIpc) is 3.54. The van der Waals surface area contributed by atoms with Crippen LogP contribution in [0.25, 0.3) is 17.0 Å². The van der Waals surface area contributed by atoms with Gasteiger partial charge >= 0.3 is 0 Å². The maximum absolute atomic E-state index is 13.3. The first-order valence-electron chi connectivity index (χ1n) is 11.2. The molecule has 0 unspecified atom stereocenters. The molecule has 0 saturated carbocycles. The molecular weight excluding hydrogens is 555 g/mol. The number of amides is 2. The van der Waals surface area contributed by atoms with Crippen LogP contribution >= 0.6 is 46.6 Å². The Morgan fingerprint density at radius 1 is 0.892 bits per heavy atom. The van der Waals surface area contributed by atoms with Crippen LogP contribution in [0.5, 0.6) is 11.5 Å². The molecule has 2 aliphatic rings. The van der Waals surface area contributed by atoms with Gasteiger partial charge in [0.25, 0.3) is 11.1 Å². The molecule has 1 fully saturated rings. The van der Waals surface area contributed by atoms with E-state index in [-0.39, 0.29) is 24.5 Å². The van der Waals surface area contributed by atoms with Crippen LogP contribution in [0.1, 0.15) is 16.7 Å². The summed E-state index contributed by atoms with van der Waals surface area (Å²) in [5, 5.41) is 2.15. The van der Waals surface area contributed by atoms with Gasteiger partial charge in [-0.25, -0.2) is 0 Å². The lowest BCUT2D eigenvalue weighted by Crippen LogP contribution is -2.27. The maximum Gasteiger partial charge on any atom is 0.293 e. The molecule has 1 aromatic heterocycles. The van der Waals surface area contributed by atoms with Crippen LogP contribution in [0.15, 0.2) is 65.7 Å². The molecule has 3 aromatic carbocycles. The van der Waals surface area contributed by atoms with E-state index in [2.05, 4.69) is 4.57 Å². The lowest BCUT2D eigenvalue weighted by Gasteiger charge is -2.14. The van der Waals surface area contributed by atoms with Gasteiger partial charge in [-0.05, 0) is 53.2 Å². The van der Waals surface area contributed by atoms with Gasteiger partial charge in [-0.1, -0.05) is 59.1 Å². The summed E-state index contributed by atoms with van der Waals surface area (Å²) in [5.74, 6) is 0.705. The maximum atomic E-state index is 13.3. The van der Waals surface area contributed by atoms with Crippen molar-refractivity contribution in [2.75, 3.05) is 6.79 Å². The molecule has 0 atom stereocenters. The zero-order chi connectivity index (χ0) is 25.7. The van der Waals surface area contributed by atoms with Crippen molar-refractivity contribution in [2.45, 2.75) is 13.1 Å². The standard InChI is InChI=1S/C27H17Cl3N2O4S/c28-18-6-5-15(20(29)9-18)11-31-12-16(19-3-1-2-4-22(19)31)8-25-26(33)32(27(34)37-25)13-17-7-23-24(10-21(17)30)36-14-35-23/h1-10,12H,11,13-14H2/b25-8+. The monoisotopic (exact) mass is 570 g/mol. The highest BCUT2D eigenvalue weighted by Gasteiger charge is 2.36. The molecule has 1 saturated heterocycles. The van der Waals surface area contributed by atoms with Crippen molar-refractivity contribution in [3.8, 4) is 11.5 Å². The van der Waals surface area contributed by atoms with Gasteiger partial charge in [0.05, 0.1) is 11.4 Å². The third kappa shape index (κ3) is 4.57. The highest BCUT2D eigenvalue weighted by molar-refractivity contribution is 8.18. The van der Waals surface area contributed by atoms with Gasteiger partial charge in [0.1, 0.15) is 0 Å². The first kappa shape index (κ1) is 24.2. The average molecular weight is 572 g/mol. The van der Waals surface area contributed by atoms with Crippen molar-refractivity contribution >= 4 is 74.7 Å². The van der Waals surface area contributed by atoms with Gasteiger partial charge in [-0.15, -0.1) is 0 Å². The molecule has 6 rings (SSSR count). The van der Waals surface area contributed by atoms with Gasteiger partial charge in [-0.2, -0.15) is 0 Å². The van der Waals surface area contributed by atoms with E-state index in [0.717, 1.165) is 33.8 Å². The van der Waals surface area contributed by atoms with E-state index in [9.17, 15) is 9.59 Å². The minimum absolute atomic E-state index is 0.0360. The van der Waals surface area contributed by atoms with E-state index in [4.69, 9.17) is 44.3 Å². The molecule has 0 aliphatic carbocycles. The summed E-state index contributed by atoms with van der Waals surface area (Å²) in [6.07, 6.45) is 3.72. The molecule has 4 aromatic rings. The van der Waals surface area contributed by atoms with Crippen LogP contribution in [0.2, 0.25) is 15.1 Å². The predicted octanol–water partition coefficient (Wildman–Crippen LogP) is 7.62. The molecule has 10 heteroatoms. The van der Waals surface area contributed by atoms with E-state index in [1.807, 2.05) is 36.5 Å². The second-order valence-electron chi connectivity index (χ2n) is 8.53. The van der Waals surface area contributed by atoms with Crippen LogP contribution in [0.4, 0.5) is 4.79 Å². The highest BCUT2D eigenvalue weighted by Crippen LogP contribution is 2.40. The smallest absolute Gasteiger partial charge is 0.293 e. The third-order valence-corrected chi connectivity index (χ3v) is 8.05. The van der Waals surface area contributed by atoms with E-state index in [0.29, 0.717) is 43.6 Å². The van der Waals surface area contributed by atoms with Crippen molar-refractivity contribution in [1.82, 2.24) is 9.47 Å². The molecule has 0 bridgehead atoms. The number of rotatable bonds is 5. The molecule has 0 N–H and O–H groups in total. The van der Waals surface area contributed by atoms with Gasteiger partial charge in [-0.3, -0.25) is 14.5 Å². The predicted molar refractivity (Wildman–Crippen MR) is 147 cm³/mol. The lowest BCUT2D eigenvalue weighted by molar-refractivity contribution is -0.123. The Morgan fingerprint density at radius 3 is 2.46 bits per heavy atom. The van der Waals surface area contributed by atoms with Gasteiger partial charge in [0.15, 0.2) is 11.5 Å². The van der Waals surface area contributed by atoms with Crippen LogP contribution in [-0.2, 0) is 17.9 Å². The Balaban J connectivity index is 1.30. The number of fused-ring (bicyclic) bond motifs is 2. The Kier molecular flexibility index (Phi) is 6.32. The van der Waals surface area contributed by atoms with Crippen molar-refractivity contribution in [3.63, 3.8) is 0 Å². The number of aromatic nitrogens is 1. The van der Waals surface area contributed by atoms with Crippen LogP contribution in [-0.4, -0.2) is 27.4 Å². The van der Waals surface area contributed by atoms with E-state index >= 15 is 0 Å². The van der Waals surface area contributed by atoms with Crippen molar-refractivity contribution in [1.29, 1.82) is 0 Å². The molecular formula is C27H17Cl3N2O4S. The molecule has 2 amide bonds. The second-order valence-corrected chi connectivity index (χ2v) is 10.8. The van der Waals surface area contributed by atoms with Crippen molar-refractivity contribution in [3.05, 3.63) is 97.5 Å². The fraction of sp³-hybridized carbons (Fsp3) is 0.111. The van der Waals surface area contributed by atoms with E-state index < -0.39 is 0 Å². The first-order chi connectivity index (χ1) is 17.9. The Labute approximate surface area is 231 Å². The minimum Gasteiger partial charge on any atom is -0.454 e. The Morgan fingerprint density at radius 2 is 1.65 bits per heavy atom. The molecule has 2 aliphatic heterocycles. The number of para-hydroxylation sites is 1. The summed E-state index contributed by atoms with van der Waals surface area (Å²) in [7, 11) is 0. The zero-order valence-electron chi connectivity index (χ0n) is 19.0. The van der Waals surface area contributed by atoms with Crippen molar-refractivity contribution < 1.29 is 19.1 Å². The number of carbonyl (C=O) groups is 2. The van der Waals surface area contributed by atoms with E-state index in [1.165, 1.54) is 4.90 Å². The van der Waals surface area contributed by atoms with Gasteiger partial charge < -0.3 is 14.0 Å². The molecule has 0 radical (unpaired) electrons. The van der Waals surface area contributed by atoms with Gasteiger partial charge in [0, 0.05) is 50.3 Å². The number of benzene rings is 3. The number of halogens is 3. The molecule has 186 valence electrons. The first-order valence-corrected chi connectivity index (χ1v) is 13.2. The number of nitrogens with zero attached hydrogens (tertiary/aromatic N) is 2. The SMILES string of the molecule is O=C1S/C(=C/c2cn(Cc3ccc(Cl)cc3Cl)c3ccccc23)C(=O)N1Cc1cc2c(cc1Cl)OCO2. The summed E-state index contributed by atoms with van der Waals surface area (Å²) in [4.78, 5) is 27.6. The summed E-state index contributed by atoms with van der Waals surface area (Å²) in [5.41, 5.74) is 3.32. The minimum atomic E-state index is -0.374. The third-order valence-electron chi connectivity index (χ3n) is 6.21. The molecule has 6 nitrogen and oxygen atoms in total. The number of hydrogen-bond donors (Lipinski definition) is 0. The summed E-state index contributed by atoms with van der Waals surface area (Å²) < 4.78 is 12.8. The summed E-state index contributed by atoms with van der Waals surface area (Å²) in [6.45, 7) is 0.667. The van der Waals surface area contributed by atoms with Crippen LogP contribution in [0.3, 0.4) is 0 Å². The fourth-order valence-corrected chi connectivity index (χ4v) is 5.89. The second kappa shape index (κ2) is 9.65.